The molecule has 0 unspecified atom stereocenters. The fourth-order valence-corrected chi connectivity index (χ4v) is 2.24. The molecule has 0 radical (unpaired) electrons. The Morgan fingerprint density at radius 3 is 2.68 bits per heavy atom. The zero-order valence-corrected chi connectivity index (χ0v) is 12.3. The Balaban J connectivity index is 2.03. The molecule has 2 heterocycles. The van der Waals surface area contributed by atoms with Crippen molar-refractivity contribution >= 4 is 17.2 Å². The molecule has 0 saturated carbocycles. The summed E-state index contributed by atoms with van der Waals surface area (Å²) in [6.45, 7) is 3.77. The van der Waals surface area contributed by atoms with Crippen molar-refractivity contribution in [3.05, 3.63) is 75.8 Å². The van der Waals surface area contributed by atoms with Crippen LogP contribution in [0.15, 0.2) is 53.6 Å². The van der Waals surface area contributed by atoms with Gasteiger partial charge in [-0.25, -0.2) is 4.98 Å². The van der Waals surface area contributed by atoms with E-state index in [0.29, 0.717) is 11.3 Å². The first-order chi connectivity index (χ1) is 10.6. The molecule has 0 saturated heterocycles. The monoisotopic (exact) mass is 293 g/mol. The number of aryl methyl sites for hydroxylation is 2. The van der Waals surface area contributed by atoms with Gasteiger partial charge < -0.3 is 5.32 Å². The summed E-state index contributed by atoms with van der Waals surface area (Å²) in [5.41, 5.74) is 2.70. The number of carbonyl (C=O) groups excluding carboxylic acids is 1. The third-order valence-corrected chi connectivity index (χ3v) is 3.49. The van der Waals surface area contributed by atoms with Gasteiger partial charge in [-0.3, -0.25) is 14.0 Å². The Hall–Kier alpha value is -2.95. The molecular weight excluding hydrogens is 278 g/mol. The molecule has 110 valence electrons. The van der Waals surface area contributed by atoms with Gasteiger partial charge in [0.2, 0.25) is 0 Å². The molecule has 0 aliphatic carbocycles. The number of carbonyl (C=O) groups is 1. The van der Waals surface area contributed by atoms with E-state index in [1.807, 2.05) is 38.1 Å². The molecule has 1 aromatic carbocycles. The van der Waals surface area contributed by atoms with Crippen molar-refractivity contribution < 1.29 is 4.79 Å². The first kappa shape index (κ1) is 14.0. The first-order valence-corrected chi connectivity index (χ1v) is 6.91. The summed E-state index contributed by atoms with van der Waals surface area (Å²) < 4.78 is 1.39. The summed E-state index contributed by atoms with van der Waals surface area (Å²) in [5.74, 6) is -0.456. The van der Waals surface area contributed by atoms with Gasteiger partial charge in [0.05, 0.1) is 0 Å². The number of fused-ring (bicyclic) bond motifs is 1. The lowest BCUT2D eigenvalue weighted by molar-refractivity contribution is 0.102. The maximum atomic E-state index is 12.5. The van der Waals surface area contributed by atoms with E-state index < -0.39 is 5.91 Å². The number of nitrogens with zero attached hydrogens (tertiary/aromatic N) is 2. The van der Waals surface area contributed by atoms with E-state index in [-0.39, 0.29) is 11.1 Å². The highest BCUT2D eigenvalue weighted by molar-refractivity contribution is 6.04. The van der Waals surface area contributed by atoms with Crippen molar-refractivity contribution in [2.75, 3.05) is 5.32 Å². The van der Waals surface area contributed by atoms with Gasteiger partial charge in [-0.2, -0.15) is 0 Å². The molecule has 0 bridgehead atoms. The number of rotatable bonds is 2. The average molecular weight is 293 g/mol. The molecule has 3 aromatic rings. The minimum atomic E-state index is -0.456. The maximum absolute atomic E-state index is 12.5. The van der Waals surface area contributed by atoms with Crippen LogP contribution in [-0.4, -0.2) is 15.3 Å². The number of anilines is 1. The zero-order valence-electron chi connectivity index (χ0n) is 12.3. The first-order valence-electron chi connectivity index (χ1n) is 6.91. The standard InChI is InChI=1S/C17H15N3O2/c1-11-7-8-15-18-9-13(17(22)20(15)10-11)16(21)19-14-6-4-3-5-12(14)2/h3-10H,1-2H3,(H,19,21). The number of benzene rings is 1. The number of pyridine rings is 1. The number of para-hydroxylation sites is 1. The predicted molar refractivity (Wildman–Crippen MR) is 85.3 cm³/mol. The third kappa shape index (κ3) is 2.48. The molecule has 0 fully saturated rings. The molecule has 3 rings (SSSR count). The van der Waals surface area contributed by atoms with E-state index in [0.717, 1.165) is 11.1 Å². The maximum Gasteiger partial charge on any atom is 0.270 e. The minimum Gasteiger partial charge on any atom is -0.322 e. The Morgan fingerprint density at radius 1 is 1.14 bits per heavy atom. The Kier molecular flexibility index (Phi) is 3.47. The quantitative estimate of drug-likeness (QED) is 0.790. The van der Waals surface area contributed by atoms with Gasteiger partial charge in [0.15, 0.2) is 0 Å². The Bertz CT molecular complexity index is 929. The molecule has 0 spiro atoms. The molecule has 0 aliphatic heterocycles. The van der Waals surface area contributed by atoms with Crippen molar-refractivity contribution in [3.63, 3.8) is 0 Å². The van der Waals surface area contributed by atoms with Crippen LogP contribution in [0, 0.1) is 13.8 Å². The van der Waals surface area contributed by atoms with Crippen LogP contribution in [0.1, 0.15) is 21.5 Å². The Morgan fingerprint density at radius 2 is 1.91 bits per heavy atom. The van der Waals surface area contributed by atoms with E-state index in [1.54, 1.807) is 18.3 Å². The van der Waals surface area contributed by atoms with E-state index >= 15 is 0 Å². The van der Waals surface area contributed by atoms with E-state index in [4.69, 9.17) is 0 Å². The van der Waals surface area contributed by atoms with Gasteiger partial charge >= 0.3 is 0 Å². The molecule has 0 atom stereocenters. The fourth-order valence-electron chi connectivity index (χ4n) is 2.24. The number of aromatic nitrogens is 2. The molecule has 5 heteroatoms. The summed E-state index contributed by atoms with van der Waals surface area (Å²) in [6, 6.07) is 11.0. The predicted octanol–water partition coefficient (Wildman–Crippen LogP) is 2.56. The highest BCUT2D eigenvalue weighted by Gasteiger charge is 2.14. The molecule has 0 aliphatic rings. The lowest BCUT2D eigenvalue weighted by Crippen LogP contribution is -2.27. The van der Waals surface area contributed by atoms with Crippen LogP contribution in [0.25, 0.3) is 5.65 Å². The minimum absolute atomic E-state index is 0.0198. The van der Waals surface area contributed by atoms with Crippen molar-refractivity contribution in [1.29, 1.82) is 0 Å². The van der Waals surface area contributed by atoms with Crippen LogP contribution in [-0.2, 0) is 0 Å². The summed E-state index contributed by atoms with van der Waals surface area (Å²) in [7, 11) is 0. The van der Waals surface area contributed by atoms with Gasteiger partial charge in [-0.05, 0) is 37.1 Å². The van der Waals surface area contributed by atoms with Gasteiger partial charge in [0, 0.05) is 18.1 Å². The summed E-state index contributed by atoms with van der Waals surface area (Å²) in [4.78, 5) is 29.0. The van der Waals surface area contributed by atoms with Crippen LogP contribution in [0.3, 0.4) is 0 Å². The lowest BCUT2D eigenvalue weighted by Gasteiger charge is -2.08. The number of nitrogens with one attached hydrogen (secondary N) is 1. The second kappa shape index (κ2) is 5.44. The van der Waals surface area contributed by atoms with Crippen LogP contribution in [0.4, 0.5) is 5.69 Å². The Labute approximate surface area is 127 Å². The van der Waals surface area contributed by atoms with Crippen LogP contribution in [0.5, 0.6) is 0 Å². The summed E-state index contributed by atoms with van der Waals surface area (Å²) >= 11 is 0. The molecule has 22 heavy (non-hydrogen) atoms. The number of hydrogen-bond donors (Lipinski definition) is 1. The average Bonchev–Trinajstić information content (AvgIpc) is 2.50. The third-order valence-electron chi connectivity index (χ3n) is 3.49. The lowest BCUT2D eigenvalue weighted by atomic mass is 10.2. The van der Waals surface area contributed by atoms with E-state index in [9.17, 15) is 9.59 Å². The summed E-state index contributed by atoms with van der Waals surface area (Å²) in [5, 5.41) is 2.75. The largest absolute Gasteiger partial charge is 0.322 e. The molecule has 1 amide bonds. The van der Waals surface area contributed by atoms with Gasteiger partial charge in [0.1, 0.15) is 11.2 Å². The van der Waals surface area contributed by atoms with Crippen LogP contribution < -0.4 is 10.9 Å². The fraction of sp³-hybridized carbons (Fsp3) is 0.118. The van der Waals surface area contributed by atoms with Gasteiger partial charge in [0.25, 0.3) is 11.5 Å². The van der Waals surface area contributed by atoms with E-state index in [2.05, 4.69) is 10.3 Å². The molecule has 5 nitrogen and oxygen atoms in total. The van der Waals surface area contributed by atoms with Crippen molar-refractivity contribution in [3.8, 4) is 0 Å². The summed E-state index contributed by atoms with van der Waals surface area (Å²) in [6.07, 6.45) is 3.00. The van der Waals surface area contributed by atoms with Crippen molar-refractivity contribution in [1.82, 2.24) is 9.38 Å². The molecular formula is C17H15N3O2. The van der Waals surface area contributed by atoms with Crippen LogP contribution in [0.2, 0.25) is 0 Å². The van der Waals surface area contributed by atoms with Gasteiger partial charge in [-0.15, -0.1) is 0 Å². The number of amides is 1. The highest BCUT2D eigenvalue weighted by Crippen LogP contribution is 2.14. The molecule has 2 aromatic heterocycles. The second-order valence-corrected chi connectivity index (χ2v) is 5.18. The van der Waals surface area contributed by atoms with Crippen LogP contribution >= 0.6 is 0 Å². The highest BCUT2D eigenvalue weighted by atomic mass is 16.2. The normalized spacial score (nSPS) is 10.6. The van der Waals surface area contributed by atoms with Gasteiger partial charge in [-0.1, -0.05) is 24.3 Å². The smallest absolute Gasteiger partial charge is 0.270 e. The van der Waals surface area contributed by atoms with E-state index in [1.165, 1.54) is 10.6 Å². The van der Waals surface area contributed by atoms with Crippen molar-refractivity contribution in [2.45, 2.75) is 13.8 Å². The SMILES string of the molecule is Cc1ccc2ncc(C(=O)Nc3ccccc3C)c(=O)n2c1. The number of hydrogen-bond acceptors (Lipinski definition) is 3. The zero-order chi connectivity index (χ0) is 15.7. The second-order valence-electron chi connectivity index (χ2n) is 5.18. The van der Waals surface area contributed by atoms with Crippen molar-refractivity contribution in [2.24, 2.45) is 0 Å². The topological polar surface area (TPSA) is 63.5 Å². The molecule has 1 N–H and O–H groups in total.